The van der Waals surface area contributed by atoms with Crippen LogP contribution >= 0.6 is 11.6 Å². The quantitative estimate of drug-likeness (QED) is 0.908. The number of hydrogen-bond donors (Lipinski definition) is 1. The fourth-order valence-electron chi connectivity index (χ4n) is 1.58. The van der Waals surface area contributed by atoms with Gasteiger partial charge in [-0.05, 0) is 26.0 Å². The van der Waals surface area contributed by atoms with E-state index in [0.717, 1.165) is 17.0 Å². The standard InChI is InChI=1S/C12H12ClFN2O/c1-7-9(8(2)17-16-7)6-15-11-5-3-4-10(13)12(11)14/h3-5,15H,6H2,1-2H3. The van der Waals surface area contributed by atoms with Crippen LogP contribution in [0.2, 0.25) is 5.02 Å². The van der Waals surface area contributed by atoms with Crippen LogP contribution in [0.15, 0.2) is 22.7 Å². The molecular formula is C12H12ClFN2O. The van der Waals surface area contributed by atoms with Crippen molar-refractivity contribution < 1.29 is 8.91 Å². The van der Waals surface area contributed by atoms with Crippen LogP contribution in [0.25, 0.3) is 0 Å². The van der Waals surface area contributed by atoms with E-state index in [-0.39, 0.29) is 5.02 Å². The zero-order valence-corrected chi connectivity index (χ0v) is 10.3. The van der Waals surface area contributed by atoms with Gasteiger partial charge in [-0.15, -0.1) is 0 Å². The van der Waals surface area contributed by atoms with Gasteiger partial charge in [0.1, 0.15) is 5.76 Å². The summed E-state index contributed by atoms with van der Waals surface area (Å²) in [6.45, 7) is 4.13. The third-order valence-electron chi connectivity index (χ3n) is 2.59. The number of nitrogens with one attached hydrogen (secondary N) is 1. The van der Waals surface area contributed by atoms with Crippen LogP contribution in [0.5, 0.6) is 0 Å². The van der Waals surface area contributed by atoms with Gasteiger partial charge in [0.15, 0.2) is 5.82 Å². The van der Waals surface area contributed by atoms with Crippen LogP contribution in [-0.4, -0.2) is 5.16 Å². The van der Waals surface area contributed by atoms with Crippen molar-refractivity contribution in [1.29, 1.82) is 0 Å². The zero-order valence-electron chi connectivity index (χ0n) is 9.55. The summed E-state index contributed by atoms with van der Waals surface area (Å²) in [5.41, 5.74) is 2.11. The first-order chi connectivity index (χ1) is 8.09. The zero-order chi connectivity index (χ0) is 12.4. The van der Waals surface area contributed by atoms with Gasteiger partial charge in [0.2, 0.25) is 0 Å². The molecule has 0 amide bonds. The van der Waals surface area contributed by atoms with Gasteiger partial charge in [-0.3, -0.25) is 0 Å². The Labute approximate surface area is 104 Å². The van der Waals surface area contributed by atoms with Crippen LogP contribution in [0.4, 0.5) is 10.1 Å². The Balaban J connectivity index is 2.15. The van der Waals surface area contributed by atoms with Gasteiger partial charge >= 0.3 is 0 Å². The van der Waals surface area contributed by atoms with E-state index in [9.17, 15) is 4.39 Å². The molecule has 90 valence electrons. The molecular weight excluding hydrogens is 243 g/mol. The van der Waals surface area contributed by atoms with Crippen molar-refractivity contribution in [3.05, 3.63) is 46.1 Å². The third-order valence-corrected chi connectivity index (χ3v) is 2.88. The molecule has 0 bridgehead atoms. The molecule has 0 spiro atoms. The Bertz CT molecular complexity index is 520. The lowest BCUT2D eigenvalue weighted by Crippen LogP contribution is -2.03. The van der Waals surface area contributed by atoms with Crippen LogP contribution in [-0.2, 0) is 6.54 Å². The average molecular weight is 255 g/mol. The summed E-state index contributed by atoms with van der Waals surface area (Å²) in [7, 11) is 0. The van der Waals surface area contributed by atoms with Gasteiger partial charge in [0.25, 0.3) is 0 Å². The molecule has 0 unspecified atom stereocenters. The molecule has 0 aliphatic heterocycles. The number of nitrogens with zero attached hydrogens (tertiary/aromatic N) is 1. The molecule has 0 radical (unpaired) electrons. The number of benzene rings is 1. The van der Waals surface area contributed by atoms with Crippen LogP contribution in [0.3, 0.4) is 0 Å². The minimum absolute atomic E-state index is 0.105. The van der Waals surface area contributed by atoms with E-state index in [1.807, 2.05) is 13.8 Å². The lowest BCUT2D eigenvalue weighted by Gasteiger charge is -2.07. The molecule has 1 aromatic heterocycles. The Kier molecular flexibility index (Phi) is 3.33. The summed E-state index contributed by atoms with van der Waals surface area (Å²) < 4.78 is 18.6. The molecule has 0 aliphatic carbocycles. The smallest absolute Gasteiger partial charge is 0.164 e. The summed E-state index contributed by atoms with van der Waals surface area (Å²) in [6, 6.07) is 4.85. The summed E-state index contributed by atoms with van der Waals surface area (Å²) in [4.78, 5) is 0. The maximum absolute atomic E-state index is 13.6. The minimum Gasteiger partial charge on any atom is -0.378 e. The van der Waals surface area contributed by atoms with E-state index in [1.54, 1.807) is 12.1 Å². The van der Waals surface area contributed by atoms with E-state index >= 15 is 0 Å². The molecule has 0 fully saturated rings. The Hall–Kier alpha value is -1.55. The van der Waals surface area contributed by atoms with E-state index in [4.69, 9.17) is 16.1 Å². The number of aryl methyl sites for hydroxylation is 2. The molecule has 0 atom stereocenters. The Morgan fingerprint density at radius 3 is 2.82 bits per heavy atom. The van der Waals surface area contributed by atoms with Crippen molar-refractivity contribution in [2.75, 3.05) is 5.32 Å². The summed E-state index contributed by atoms with van der Waals surface area (Å²) >= 11 is 5.69. The summed E-state index contributed by atoms with van der Waals surface area (Å²) in [5, 5.41) is 6.92. The Morgan fingerprint density at radius 1 is 1.41 bits per heavy atom. The van der Waals surface area contributed by atoms with Gasteiger partial charge in [-0.25, -0.2) is 4.39 Å². The fourth-order valence-corrected chi connectivity index (χ4v) is 1.75. The maximum Gasteiger partial charge on any atom is 0.164 e. The summed E-state index contributed by atoms with van der Waals surface area (Å²) in [5.74, 6) is 0.290. The lowest BCUT2D eigenvalue weighted by atomic mass is 10.2. The number of anilines is 1. The molecule has 17 heavy (non-hydrogen) atoms. The first-order valence-electron chi connectivity index (χ1n) is 5.19. The molecule has 0 aliphatic rings. The molecule has 0 saturated heterocycles. The second-order valence-corrected chi connectivity index (χ2v) is 4.16. The van der Waals surface area contributed by atoms with Crippen LogP contribution in [0, 0.1) is 19.7 Å². The molecule has 1 aromatic carbocycles. The number of halogens is 2. The lowest BCUT2D eigenvalue weighted by molar-refractivity contribution is 0.392. The second kappa shape index (κ2) is 4.75. The molecule has 0 saturated carbocycles. The molecule has 2 aromatic rings. The average Bonchev–Trinajstić information content (AvgIpc) is 2.62. The topological polar surface area (TPSA) is 38.1 Å². The predicted octanol–water partition coefficient (Wildman–Crippen LogP) is 3.70. The van der Waals surface area contributed by atoms with E-state index in [0.29, 0.717) is 12.2 Å². The Morgan fingerprint density at radius 2 is 2.18 bits per heavy atom. The van der Waals surface area contributed by atoms with Gasteiger partial charge in [0.05, 0.1) is 16.4 Å². The highest BCUT2D eigenvalue weighted by molar-refractivity contribution is 6.31. The van der Waals surface area contributed by atoms with Crippen molar-refractivity contribution in [3.8, 4) is 0 Å². The highest BCUT2D eigenvalue weighted by Crippen LogP contribution is 2.23. The number of hydrogen-bond acceptors (Lipinski definition) is 3. The first kappa shape index (κ1) is 11.9. The van der Waals surface area contributed by atoms with Crippen molar-refractivity contribution in [2.24, 2.45) is 0 Å². The second-order valence-electron chi connectivity index (χ2n) is 3.76. The normalized spacial score (nSPS) is 10.6. The van der Waals surface area contributed by atoms with Crippen molar-refractivity contribution >= 4 is 17.3 Å². The minimum atomic E-state index is -0.444. The van der Waals surface area contributed by atoms with Gasteiger partial charge < -0.3 is 9.84 Å². The monoisotopic (exact) mass is 254 g/mol. The molecule has 2 rings (SSSR count). The highest BCUT2D eigenvalue weighted by Gasteiger charge is 2.10. The largest absolute Gasteiger partial charge is 0.378 e. The van der Waals surface area contributed by atoms with Gasteiger partial charge in [-0.2, -0.15) is 0 Å². The number of aromatic nitrogens is 1. The van der Waals surface area contributed by atoms with Crippen molar-refractivity contribution in [1.82, 2.24) is 5.16 Å². The fraction of sp³-hybridized carbons (Fsp3) is 0.250. The molecule has 1 N–H and O–H groups in total. The SMILES string of the molecule is Cc1noc(C)c1CNc1cccc(Cl)c1F. The van der Waals surface area contributed by atoms with Gasteiger partial charge in [-0.1, -0.05) is 22.8 Å². The molecule has 1 heterocycles. The third kappa shape index (κ3) is 2.42. The maximum atomic E-state index is 13.6. The van der Waals surface area contributed by atoms with E-state index in [2.05, 4.69) is 10.5 Å². The van der Waals surface area contributed by atoms with Gasteiger partial charge in [0, 0.05) is 12.1 Å². The summed E-state index contributed by atoms with van der Waals surface area (Å²) in [6.07, 6.45) is 0. The highest BCUT2D eigenvalue weighted by atomic mass is 35.5. The van der Waals surface area contributed by atoms with Crippen molar-refractivity contribution in [3.63, 3.8) is 0 Å². The molecule has 3 nitrogen and oxygen atoms in total. The van der Waals surface area contributed by atoms with Crippen molar-refractivity contribution in [2.45, 2.75) is 20.4 Å². The van der Waals surface area contributed by atoms with Crippen LogP contribution in [0.1, 0.15) is 17.0 Å². The first-order valence-corrected chi connectivity index (χ1v) is 5.57. The van der Waals surface area contributed by atoms with E-state index in [1.165, 1.54) is 6.07 Å². The molecule has 5 heteroatoms. The van der Waals surface area contributed by atoms with E-state index < -0.39 is 5.82 Å². The van der Waals surface area contributed by atoms with Crippen LogP contribution < -0.4 is 5.32 Å². The predicted molar refractivity (Wildman–Crippen MR) is 64.7 cm³/mol. The number of rotatable bonds is 3.